The SMILES string of the molecule is CN(C)C1(CNC(=O)C2CCN(c3ccccc3)C2=O)CCCCC1. The van der Waals surface area contributed by atoms with Crippen molar-refractivity contribution in [1.29, 1.82) is 0 Å². The maximum Gasteiger partial charge on any atom is 0.239 e. The average Bonchev–Trinajstić information content (AvgIpc) is 3.02. The Balaban J connectivity index is 1.61. The molecule has 3 rings (SSSR count). The topological polar surface area (TPSA) is 52.7 Å². The number of amides is 2. The van der Waals surface area contributed by atoms with Crippen LogP contribution in [-0.4, -0.2) is 49.4 Å². The fourth-order valence-corrected chi connectivity index (χ4v) is 4.15. The molecule has 1 unspecified atom stereocenters. The number of rotatable bonds is 5. The fraction of sp³-hybridized carbons (Fsp3) is 0.600. The Kier molecular flexibility index (Phi) is 5.42. The molecule has 0 aromatic heterocycles. The van der Waals surface area contributed by atoms with Gasteiger partial charge in [-0.15, -0.1) is 0 Å². The summed E-state index contributed by atoms with van der Waals surface area (Å²) in [6, 6.07) is 9.60. The number of anilines is 1. The molecular weight excluding hydrogens is 314 g/mol. The molecule has 2 fully saturated rings. The summed E-state index contributed by atoms with van der Waals surface area (Å²) in [6.45, 7) is 1.24. The van der Waals surface area contributed by atoms with Gasteiger partial charge in [0, 0.05) is 24.3 Å². The summed E-state index contributed by atoms with van der Waals surface area (Å²) in [6.07, 6.45) is 6.49. The van der Waals surface area contributed by atoms with Crippen LogP contribution in [0.25, 0.3) is 0 Å². The number of hydrogen-bond donors (Lipinski definition) is 1. The van der Waals surface area contributed by atoms with Crippen LogP contribution in [0.4, 0.5) is 5.69 Å². The third kappa shape index (κ3) is 3.71. The summed E-state index contributed by atoms with van der Waals surface area (Å²) >= 11 is 0. The van der Waals surface area contributed by atoms with Crippen molar-refractivity contribution in [2.45, 2.75) is 44.1 Å². The van der Waals surface area contributed by atoms with E-state index >= 15 is 0 Å². The Morgan fingerprint density at radius 3 is 2.52 bits per heavy atom. The summed E-state index contributed by atoms with van der Waals surface area (Å²) < 4.78 is 0. The molecule has 1 aromatic rings. The number of nitrogens with zero attached hydrogens (tertiary/aromatic N) is 2. The molecule has 0 radical (unpaired) electrons. The largest absolute Gasteiger partial charge is 0.354 e. The lowest BCUT2D eigenvalue weighted by Gasteiger charge is -2.43. The molecule has 1 aliphatic carbocycles. The number of hydrogen-bond acceptors (Lipinski definition) is 3. The molecule has 0 bridgehead atoms. The van der Waals surface area contributed by atoms with Gasteiger partial charge in [-0.05, 0) is 45.5 Å². The van der Waals surface area contributed by atoms with E-state index in [2.05, 4.69) is 24.3 Å². The molecule has 1 saturated carbocycles. The zero-order valence-corrected chi connectivity index (χ0v) is 15.3. The highest BCUT2D eigenvalue weighted by atomic mass is 16.2. The highest BCUT2D eigenvalue weighted by Gasteiger charge is 2.39. The molecule has 5 nitrogen and oxygen atoms in total. The first-order valence-corrected chi connectivity index (χ1v) is 9.35. The highest BCUT2D eigenvalue weighted by Crippen LogP contribution is 2.32. The van der Waals surface area contributed by atoms with Crippen molar-refractivity contribution in [1.82, 2.24) is 10.2 Å². The Morgan fingerprint density at radius 1 is 1.20 bits per heavy atom. The maximum atomic E-state index is 12.7. The number of carbonyl (C=O) groups is 2. The molecule has 25 heavy (non-hydrogen) atoms. The molecule has 136 valence electrons. The quantitative estimate of drug-likeness (QED) is 0.836. The van der Waals surface area contributed by atoms with E-state index in [-0.39, 0.29) is 17.4 Å². The number of likely N-dealkylation sites (N-methyl/N-ethyl adjacent to an activating group) is 1. The predicted octanol–water partition coefficient (Wildman–Crippen LogP) is 2.42. The second-order valence-corrected chi connectivity index (χ2v) is 7.56. The van der Waals surface area contributed by atoms with Crippen LogP contribution in [0.2, 0.25) is 0 Å². The molecule has 1 aliphatic heterocycles. The van der Waals surface area contributed by atoms with Crippen molar-refractivity contribution >= 4 is 17.5 Å². The monoisotopic (exact) mass is 343 g/mol. The molecule has 1 atom stereocenters. The van der Waals surface area contributed by atoms with Crippen molar-refractivity contribution in [3.63, 3.8) is 0 Å². The van der Waals surface area contributed by atoms with Gasteiger partial charge in [0.2, 0.25) is 11.8 Å². The van der Waals surface area contributed by atoms with Crippen molar-refractivity contribution in [3.05, 3.63) is 30.3 Å². The normalized spacial score (nSPS) is 23.1. The summed E-state index contributed by atoms with van der Waals surface area (Å²) in [7, 11) is 4.19. The van der Waals surface area contributed by atoms with E-state index in [4.69, 9.17) is 0 Å². The van der Waals surface area contributed by atoms with Crippen molar-refractivity contribution < 1.29 is 9.59 Å². The minimum absolute atomic E-state index is 0.0364. The van der Waals surface area contributed by atoms with E-state index in [9.17, 15) is 9.59 Å². The van der Waals surface area contributed by atoms with Gasteiger partial charge in [0.25, 0.3) is 0 Å². The van der Waals surface area contributed by atoms with Crippen molar-refractivity contribution in [2.24, 2.45) is 5.92 Å². The van der Waals surface area contributed by atoms with Gasteiger partial charge >= 0.3 is 0 Å². The molecule has 1 saturated heterocycles. The van der Waals surface area contributed by atoms with Crippen LogP contribution in [0.15, 0.2) is 30.3 Å². The van der Waals surface area contributed by atoms with E-state index in [0.29, 0.717) is 19.5 Å². The number of benzene rings is 1. The molecule has 2 amide bonds. The predicted molar refractivity (Wildman–Crippen MR) is 99.4 cm³/mol. The van der Waals surface area contributed by atoms with Gasteiger partial charge in [-0.2, -0.15) is 0 Å². The molecule has 1 N–H and O–H groups in total. The van der Waals surface area contributed by atoms with E-state index in [1.165, 1.54) is 19.3 Å². The minimum Gasteiger partial charge on any atom is -0.354 e. The molecular formula is C20H29N3O2. The van der Waals surface area contributed by atoms with E-state index in [1.54, 1.807) is 4.90 Å². The van der Waals surface area contributed by atoms with Gasteiger partial charge in [0.1, 0.15) is 5.92 Å². The van der Waals surface area contributed by atoms with Crippen molar-refractivity contribution in [3.8, 4) is 0 Å². The molecule has 0 spiro atoms. The molecule has 1 aromatic carbocycles. The van der Waals surface area contributed by atoms with Gasteiger partial charge in [0.05, 0.1) is 0 Å². The van der Waals surface area contributed by atoms with Gasteiger partial charge < -0.3 is 15.1 Å². The van der Waals surface area contributed by atoms with Crippen LogP contribution < -0.4 is 10.2 Å². The lowest BCUT2D eigenvalue weighted by Crippen LogP contribution is -2.54. The number of carbonyl (C=O) groups excluding carboxylic acids is 2. The zero-order valence-electron chi connectivity index (χ0n) is 15.3. The van der Waals surface area contributed by atoms with Gasteiger partial charge in [-0.25, -0.2) is 0 Å². The first-order valence-electron chi connectivity index (χ1n) is 9.35. The second-order valence-electron chi connectivity index (χ2n) is 7.56. The van der Waals surface area contributed by atoms with Crippen LogP contribution in [0, 0.1) is 5.92 Å². The summed E-state index contributed by atoms with van der Waals surface area (Å²) in [5.41, 5.74) is 0.911. The third-order valence-electron chi connectivity index (χ3n) is 5.91. The van der Waals surface area contributed by atoms with Gasteiger partial charge in [0.15, 0.2) is 0 Å². The van der Waals surface area contributed by atoms with Crippen LogP contribution >= 0.6 is 0 Å². The number of para-hydroxylation sites is 1. The highest BCUT2D eigenvalue weighted by molar-refractivity contribution is 6.09. The van der Waals surface area contributed by atoms with E-state index < -0.39 is 5.92 Å². The van der Waals surface area contributed by atoms with Crippen LogP contribution in [0.5, 0.6) is 0 Å². The lowest BCUT2D eigenvalue weighted by atomic mass is 9.80. The average molecular weight is 343 g/mol. The summed E-state index contributed by atoms with van der Waals surface area (Å²) in [5.74, 6) is -0.746. The lowest BCUT2D eigenvalue weighted by molar-refractivity contribution is -0.132. The van der Waals surface area contributed by atoms with Crippen LogP contribution in [0.1, 0.15) is 38.5 Å². The first kappa shape index (κ1) is 17.9. The van der Waals surface area contributed by atoms with Gasteiger partial charge in [-0.1, -0.05) is 37.5 Å². The third-order valence-corrected chi connectivity index (χ3v) is 5.91. The molecule has 2 aliphatic rings. The van der Waals surface area contributed by atoms with Crippen LogP contribution in [-0.2, 0) is 9.59 Å². The first-order chi connectivity index (χ1) is 12.0. The van der Waals surface area contributed by atoms with Crippen LogP contribution in [0.3, 0.4) is 0 Å². The number of nitrogens with one attached hydrogen (secondary N) is 1. The van der Waals surface area contributed by atoms with Gasteiger partial charge in [-0.3, -0.25) is 9.59 Å². The Labute approximate surface area is 150 Å². The Hall–Kier alpha value is -1.88. The molecule has 5 heteroatoms. The smallest absolute Gasteiger partial charge is 0.239 e. The summed E-state index contributed by atoms with van der Waals surface area (Å²) in [4.78, 5) is 29.3. The Bertz CT molecular complexity index is 609. The summed E-state index contributed by atoms with van der Waals surface area (Å²) in [5, 5.41) is 3.09. The fourth-order valence-electron chi connectivity index (χ4n) is 4.15. The van der Waals surface area contributed by atoms with Crippen molar-refractivity contribution in [2.75, 3.05) is 32.1 Å². The zero-order chi connectivity index (χ0) is 17.9. The standard InChI is InChI=1S/C20H29N3O2/c1-22(2)20(12-7-4-8-13-20)15-21-18(24)17-11-14-23(19(17)25)16-9-5-3-6-10-16/h3,5-6,9-10,17H,4,7-8,11-15H2,1-2H3,(H,21,24). The Morgan fingerprint density at radius 2 is 1.88 bits per heavy atom. The van der Waals surface area contributed by atoms with E-state index in [0.717, 1.165) is 18.5 Å². The molecule has 1 heterocycles. The van der Waals surface area contributed by atoms with E-state index in [1.807, 2.05) is 30.3 Å². The second kappa shape index (κ2) is 7.56. The maximum absolute atomic E-state index is 12.7. The minimum atomic E-state index is -0.553.